The van der Waals surface area contributed by atoms with E-state index in [2.05, 4.69) is 26.0 Å². The minimum absolute atomic E-state index is 0.133. The van der Waals surface area contributed by atoms with Gasteiger partial charge in [0.15, 0.2) is 5.65 Å². The van der Waals surface area contributed by atoms with Crippen LogP contribution in [0.15, 0.2) is 64.5 Å². The fourth-order valence-electron chi connectivity index (χ4n) is 2.80. The molecule has 0 unspecified atom stereocenters. The molecule has 3 heterocycles. The third-order valence-corrected chi connectivity index (χ3v) is 6.55. The molecule has 0 saturated carbocycles. The molecule has 166 valence electrons. The highest BCUT2D eigenvalue weighted by molar-refractivity contribution is 9.10. The topological polar surface area (TPSA) is 98.4 Å². The van der Waals surface area contributed by atoms with Gasteiger partial charge in [-0.25, -0.2) is 22.8 Å². The van der Waals surface area contributed by atoms with Gasteiger partial charge in [0.25, 0.3) is 15.9 Å². The molecule has 0 aliphatic carbocycles. The maximum absolute atomic E-state index is 13.0. The van der Waals surface area contributed by atoms with Crippen LogP contribution in [0.4, 0.5) is 13.2 Å². The number of hydrogen-bond donors (Lipinski definition) is 1. The van der Waals surface area contributed by atoms with Crippen molar-refractivity contribution < 1.29 is 26.4 Å². The Balaban J connectivity index is 1.66. The number of aromatic nitrogens is 4. The predicted molar refractivity (Wildman–Crippen MR) is 111 cm³/mol. The molecule has 0 radical (unpaired) electrons. The summed E-state index contributed by atoms with van der Waals surface area (Å²) in [5, 5.41) is 3.69. The van der Waals surface area contributed by atoms with Gasteiger partial charge in [0.1, 0.15) is 5.69 Å². The van der Waals surface area contributed by atoms with E-state index in [4.69, 9.17) is 11.6 Å². The number of carbonyl (C=O) groups is 1. The van der Waals surface area contributed by atoms with Crippen LogP contribution in [-0.4, -0.2) is 33.5 Å². The molecule has 4 aromatic rings. The highest BCUT2D eigenvalue weighted by atomic mass is 79.9. The Hall–Kier alpha value is -2.90. The van der Waals surface area contributed by atoms with Crippen molar-refractivity contribution in [2.75, 3.05) is 0 Å². The average molecular weight is 549 g/mol. The first-order valence-electron chi connectivity index (χ1n) is 8.58. The van der Waals surface area contributed by atoms with Gasteiger partial charge in [0.05, 0.1) is 21.2 Å². The summed E-state index contributed by atoms with van der Waals surface area (Å²) in [6, 6.07) is 6.35. The van der Waals surface area contributed by atoms with E-state index in [1.165, 1.54) is 29.1 Å². The average Bonchev–Trinajstić information content (AvgIpc) is 3.37. The molecule has 32 heavy (non-hydrogen) atoms. The van der Waals surface area contributed by atoms with Gasteiger partial charge in [-0.1, -0.05) is 11.6 Å². The lowest BCUT2D eigenvalue weighted by atomic mass is 10.3. The Morgan fingerprint density at radius 1 is 1.19 bits per heavy atom. The molecule has 1 amide bonds. The van der Waals surface area contributed by atoms with E-state index in [1.807, 2.05) is 4.72 Å². The van der Waals surface area contributed by atoms with Gasteiger partial charge in [-0.3, -0.25) is 4.79 Å². The van der Waals surface area contributed by atoms with Gasteiger partial charge >= 0.3 is 6.18 Å². The standard InChI is InChI=1S/C18H10BrClF3N5O3S/c19-12-3-2-11(7-15(12)28-5-1-4-24-28)32(30,31)26-17(29)14-9-27-8-10(18(21,22)23)6-13(20)16(27)25-14/h1-9H,(H,26,29). The predicted octanol–water partition coefficient (Wildman–Crippen LogP) is 4.07. The fourth-order valence-corrected chi connectivity index (χ4v) is 4.47. The molecular weight excluding hydrogens is 539 g/mol. The number of rotatable bonds is 4. The third kappa shape index (κ3) is 4.23. The largest absolute Gasteiger partial charge is 0.417 e. The zero-order valence-corrected chi connectivity index (χ0v) is 18.7. The summed E-state index contributed by atoms with van der Waals surface area (Å²) in [7, 11) is -4.34. The van der Waals surface area contributed by atoms with Crippen molar-refractivity contribution in [2.24, 2.45) is 0 Å². The number of benzene rings is 1. The first-order valence-corrected chi connectivity index (χ1v) is 11.2. The number of nitrogens with one attached hydrogen (secondary N) is 1. The molecule has 1 N–H and O–H groups in total. The quantitative estimate of drug-likeness (QED) is 0.415. The Morgan fingerprint density at radius 2 is 1.94 bits per heavy atom. The summed E-state index contributed by atoms with van der Waals surface area (Å²) in [5.41, 5.74) is -1.21. The van der Waals surface area contributed by atoms with Crippen LogP contribution in [0.3, 0.4) is 0 Å². The van der Waals surface area contributed by atoms with Crippen molar-refractivity contribution in [3.63, 3.8) is 0 Å². The van der Waals surface area contributed by atoms with Gasteiger partial charge < -0.3 is 4.40 Å². The van der Waals surface area contributed by atoms with Gasteiger partial charge in [-0.05, 0) is 46.3 Å². The zero-order valence-electron chi connectivity index (χ0n) is 15.5. The van der Waals surface area contributed by atoms with Crippen molar-refractivity contribution in [3.05, 3.63) is 75.9 Å². The van der Waals surface area contributed by atoms with Crippen molar-refractivity contribution in [3.8, 4) is 5.69 Å². The summed E-state index contributed by atoms with van der Waals surface area (Å²) in [5.74, 6) is -1.14. The van der Waals surface area contributed by atoms with Crippen LogP contribution in [0.1, 0.15) is 16.1 Å². The second-order valence-electron chi connectivity index (χ2n) is 6.43. The van der Waals surface area contributed by atoms with Crippen molar-refractivity contribution in [2.45, 2.75) is 11.1 Å². The molecule has 0 atom stereocenters. The Labute approximate surface area is 191 Å². The lowest BCUT2D eigenvalue weighted by Gasteiger charge is -2.09. The lowest BCUT2D eigenvalue weighted by molar-refractivity contribution is -0.137. The summed E-state index contributed by atoms with van der Waals surface area (Å²) in [6.45, 7) is 0. The van der Waals surface area contributed by atoms with E-state index in [0.29, 0.717) is 22.4 Å². The molecule has 0 fully saturated rings. The zero-order chi connectivity index (χ0) is 23.3. The summed E-state index contributed by atoms with van der Waals surface area (Å²) in [6.07, 6.45) is 0.100. The molecule has 1 aromatic carbocycles. The Kier molecular flexibility index (Phi) is 5.51. The van der Waals surface area contributed by atoms with Gasteiger partial charge in [0, 0.05) is 29.3 Å². The number of nitrogens with zero attached hydrogens (tertiary/aromatic N) is 4. The molecule has 0 saturated heterocycles. The lowest BCUT2D eigenvalue weighted by Crippen LogP contribution is -2.31. The van der Waals surface area contributed by atoms with E-state index >= 15 is 0 Å². The molecular formula is C18H10BrClF3N5O3S. The first kappa shape index (κ1) is 22.3. The molecule has 4 rings (SSSR count). The number of carbonyl (C=O) groups excluding carboxylic acids is 1. The van der Waals surface area contributed by atoms with Crippen molar-refractivity contribution >= 4 is 49.1 Å². The molecule has 0 aliphatic rings. The fraction of sp³-hybridized carbons (Fsp3) is 0.0556. The number of fused-ring (bicyclic) bond motifs is 1. The molecule has 3 aromatic heterocycles. The molecule has 0 spiro atoms. The number of halogens is 5. The van der Waals surface area contributed by atoms with Crippen LogP contribution in [-0.2, 0) is 16.2 Å². The van der Waals surface area contributed by atoms with E-state index in [-0.39, 0.29) is 15.6 Å². The summed E-state index contributed by atoms with van der Waals surface area (Å²) in [4.78, 5) is 16.1. The van der Waals surface area contributed by atoms with Gasteiger partial charge in [-0.2, -0.15) is 18.3 Å². The van der Waals surface area contributed by atoms with Crippen LogP contribution in [0, 0.1) is 0 Å². The van der Waals surface area contributed by atoms with Gasteiger partial charge in [0.2, 0.25) is 0 Å². The molecule has 14 heteroatoms. The Morgan fingerprint density at radius 3 is 2.59 bits per heavy atom. The second-order valence-corrected chi connectivity index (χ2v) is 9.37. The van der Waals surface area contributed by atoms with E-state index < -0.39 is 33.4 Å². The van der Waals surface area contributed by atoms with Crippen LogP contribution in [0.2, 0.25) is 5.02 Å². The number of imidazole rings is 1. The molecule has 8 nitrogen and oxygen atoms in total. The number of pyridine rings is 1. The smallest absolute Gasteiger partial charge is 0.304 e. The summed E-state index contributed by atoms with van der Waals surface area (Å²) >= 11 is 9.15. The minimum atomic E-state index is -4.66. The van der Waals surface area contributed by atoms with E-state index in [0.717, 1.165) is 10.6 Å². The minimum Gasteiger partial charge on any atom is -0.304 e. The normalized spacial score (nSPS) is 12.3. The third-order valence-electron chi connectivity index (χ3n) is 4.27. The highest BCUT2D eigenvalue weighted by Crippen LogP contribution is 2.32. The van der Waals surface area contributed by atoms with Crippen molar-refractivity contribution in [1.29, 1.82) is 0 Å². The van der Waals surface area contributed by atoms with E-state index in [9.17, 15) is 26.4 Å². The Bertz CT molecular complexity index is 1450. The van der Waals surface area contributed by atoms with Crippen molar-refractivity contribution in [1.82, 2.24) is 23.9 Å². The number of hydrogen-bond acceptors (Lipinski definition) is 5. The van der Waals surface area contributed by atoms with Crippen LogP contribution >= 0.6 is 27.5 Å². The highest BCUT2D eigenvalue weighted by Gasteiger charge is 2.32. The van der Waals surface area contributed by atoms with Crippen LogP contribution in [0.25, 0.3) is 11.3 Å². The summed E-state index contributed by atoms with van der Waals surface area (Å²) < 4.78 is 69.1. The molecule has 0 aliphatic heterocycles. The number of amides is 1. The monoisotopic (exact) mass is 547 g/mol. The van der Waals surface area contributed by atoms with Crippen LogP contribution < -0.4 is 4.72 Å². The first-order chi connectivity index (χ1) is 15.0. The molecule has 0 bridgehead atoms. The SMILES string of the molecule is O=C(NS(=O)(=O)c1ccc(Br)c(-n2cccn2)c1)c1cn2cc(C(F)(F)F)cc(Cl)c2n1. The second kappa shape index (κ2) is 7.90. The maximum Gasteiger partial charge on any atom is 0.417 e. The maximum atomic E-state index is 13.0. The van der Waals surface area contributed by atoms with E-state index in [1.54, 1.807) is 12.3 Å². The number of sulfonamides is 1. The van der Waals surface area contributed by atoms with Crippen LogP contribution in [0.5, 0.6) is 0 Å². The number of alkyl halides is 3. The van der Waals surface area contributed by atoms with Gasteiger partial charge in [-0.15, -0.1) is 0 Å².